The van der Waals surface area contributed by atoms with Crippen LogP contribution in [0.2, 0.25) is 0 Å². The fraction of sp³-hybridized carbons (Fsp3) is 0.619. The molecule has 0 radical (unpaired) electrons. The van der Waals surface area contributed by atoms with Gasteiger partial charge in [-0.15, -0.1) is 0 Å². The molecule has 0 aliphatic heterocycles. The van der Waals surface area contributed by atoms with Crippen molar-refractivity contribution in [3.05, 3.63) is 29.3 Å². The zero-order valence-corrected chi connectivity index (χ0v) is 17.9. The second kappa shape index (κ2) is 13.8. The van der Waals surface area contributed by atoms with Gasteiger partial charge in [0.15, 0.2) is 5.96 Å². The van der Waals surface area contributed by atoms with Crippen molar-refractivity contribution in [2.75, 3.05) is 40.0 Å². The second-order valence-corrected chi connectivity index (χ2v) is 6.87. The van der Waals surface area contributed by atoms with Crippen LogP contribution in [0, 0.1) is 12.8 Å². The molecule has 1 rings (SSSR count). The summed E-state index contributed by atoms with van der Waals surface area (Å²) in [6, 6.07) is 6.16. The normalized spacial score (nSPS) is 11.4. The van der Waals surface area contributed by atoms with Gasteiger partial charge in [0.1, 0.15) is 5.75 Å². The van der Waals surface area contributed by atoms with Crippen LogP contribution in [0.15, 0.2) is 23.2 Å². The summed E-state index contributed by atoms with van der Waals surface area (Å²) in [7, 11) is 1.69. The lowest BCUT2D eigenvalue weighted by Crippen LogP contribution is -2.42. The largest absolute Gasteiger partial charge is 0.493 e. The van der Waals surface area contributed by atoms with Crippen LogP contribution < -0.4 is 20.7 Å². The van der Waals surface area contributed by atoms with Gasteiger partial charge in [-0.05, 0) is 25.5 Å². The quantitative estimate of drug-likeness (QED) is 0.289. The summed E-state index contributed by atoms with van der Waals surface area (Å²) >= 11 is 0. The molecule has 0 aliphatic rings. The monoisotopic (exact) mass is 392 g/mol. The standard InChI is InChI=1S/C21H36N4O3/c1-6-22-21(24-11-10-23-20(26)16(2)3)25-15-18-9-8-17(4)14-19(18)28-13-7-12-27-5/h8-9,14,16H,6-7,10-13,15H2,1-5H3,(H,23,26)(H2,22,24,25). The van der Waals surface area contributed by atoms with E-state index in [-0.39, 0.29) is 11.8 Å². The van der Waals surface area contributed by atoms with Crippen LogP contribution >= 0.6 is 0 Å². The Morgan fingerprint density at radius 3 is 2.57 bits per heavy atom. The third-order valence-electron chi connectivity index (χ3n) is 3.97. The molecular weight excluding hydrogens is 356 g/mol. The third kappa shape index (κ3) is 9.60. The Morgan fingerprint density at radius 2 is 1.89 bits per heavy atom. The minimum absolute atomic E-state index is 0.00856. The number of amides is 1. The molecule has 0 unspecified atom stereocenters. The molecule has 0 atom stereocenters. The summed E-state index contributed by atoms with van der Waals surface area (Å²) in [5.74, 6) is 1.62. The molecule has 0 saturated carbocycles. The number of nitrogens with zero attached hydrogens (tertiary/aromatic N) is 1. The molecule has 3 N–H and O–H groups in total. The third-order valence-corrected chi connectivity index (χ3v) is 3.97. The van der Waals surface area contributed by atoms with Crippen molar-refractivity contribution in [2.45, 2.75) is 40.7 Å². The van der Waals surface area contributed by atoms with E-state index < -0.39 is 0 Å². The molecule has 158 valence electrons. The summed E-state index contributed by atoms with van der Waals surface area (Å²) in [6.07, 6.45) is 0.847. The summed E-state index contributed by atoms with van der Waals surface area (Å²) in [5, 5.41) is 9.35. The number of hydrogen-bond donors (Lipinski definition) is 3. The topological polar surface area (TPSA) is 84.0 Å². The van der Waals surface area contributed by atoms with Gasteiger partial charge in [0.2, 0.25) is 5.91 Å². The highest BCUT2D eigenvalue weighted by atomic mass is 16.5. The van der Waals surface area contributed by atoms with Crippen molar-refractivity contribution < 1.29 is 14.3 Å². The SMILES string of the molecule is CCNC(=NCc1ccc(C)cc1OCCCOC)NCCNC(=O)C(C)C. The molecule has 1 aromatic rings. The molecular formula is C21H36N4O3. The molecule has 28 heavy (non-hydrogen) atoms. The van der Waals surface area contributed by atoms with Crippen LogP contribution in [0.3, 0.4) is 0 Å². The highest BCUT2D eigenvalue weighted by molar-refractivity contribution is 5.80. The molecule has 1 amide bonds. The van der Waals surface area contributed by atoms with Crippen molar-refractivity contribution in [3.8, 4) is 5.75 Å². The Labute approximate surface area is 169 Å². The van der Waals surface area contributed by atoms with Gasteiger partial charge in [-0.25, -0.2) is 4.99 Å². The summed E-state index contributed by atoms with van der Waals surface area (Å²) in [6.45, 7) is 11.6. The van der Waals surface area contributed by atoms with Crippen molar-refractivity contribution in [1.82, 2.24) is 16.0 Å². The number of carbonyl (C=O) groups is 1. The Hall–Kier alpha value is -2.28. The Morgan fingerprint density at radius 1 is 1.14 bits per heavy atom. The van der Waals surface area contributed by atoms with E-state index in [1.54, 1.807) is 7.11 Å². The first-order valence-corrected chi connectivity index (χ1v) is 9.99. The molecule has 0 aromatic heterocycles. The zero-order chi connectivity index (χ0) is 20.8. The molecule has 0 spiro atoms. The van der Waals surface area contributed by atoms with E-state index in [0.717, 1.165) is 29.8 Å². The highest BCUT2D eigenvalue weighted by Crippen LogP contribution is 2.21. The van der Waals surface area contributed by atoms with Crippen LogP contribution in [-0.2, 0) is 16.1 Å². The van der Waals surface area contributed by atoms with E-state index in [4.69, 9.17) is 9.47 Å². The second-order valence-electron chi connectivity index (χ2n) is 6.87. The minimum atomic E-state index is -0.00856. The van der Waals surface area contributed by atoms with Crippen molar-refractivity contribution in [2.24, 2.45) is 10.9 Å². The maximum Gasteiger partial charge on any atom is 0.222 e. The maximum absolute atomic E-state index is 11.6. The van der Waals surface area contributed by atoms with Crippen molar-refractivity contribution in [3.63, 3.8) is 0 Å². The van der Waals surface area contributed by atoms with Gasteiger partial charge in [-0.3, -0.25) is 4.79 Å². The smallest absolute Gasteiger partial charge is 0.222 e. The Kier molecular flexibility index (Phi) is 11.7. The zero-order valence-electron chi connectivity index (χ0n) is 17.9. The number of aryl methyl sites for hydroxylation is 1. The number of aliphatic imine (C=N–C) groups is 1. The van der Waals surface area contributed by atoms with Crippen LogP contribution in [0.1, 0.15) is 38.3 Å². The first-order chi connectivity index (χ1) is 13.5. The molecule has 1 aromatic carbocycles. The van der Waals surface area contributed by atoms with E-state index in [0.29, 0.717) is 38.8 Å². The minimum Gasteiger partial charge on any atom is -0.493 e. The first-order valence-electron chi connectivity index (χ1n) is 9.99. The lowest BCUT2D eigenvalue weighted by molar-refractivity contribution is -0.123. The van der Waals surface area contributed by atoms with E-state index in [2.05, 4.69) is 33.1 Å². The fourth-order valence-electron chi connectivity index (χ4n) is 2.39. The van der Waals surface area contributed by atoms with E-state index in [1.165, 1.54) is 0 Å². The summed E-state index contributed by atoms with van der Waals surface area (Å²) in [4.78, 5) is 16.3. The van der Waals surface area contributed by atoms with Gasteiger partial charge in [-0.1, -0.05) is 26.0 Å². The molecule has 7 heteroatoms. The summed E-state index contributed by atoms with van der Waals surface area (Å²) in [5.41, 5.74) is 2.19. The van der Waals surface area contributed by atoms with E-state index >= 15 is 0 Å². The van der Waals surface area contributed by atoms with E-state index in [9.17, 15) is 4.79 Å². The van der Waals surface area contributed by atoms with Gasteiger partial charge in [0, 0.05) is 51.3 Å². The van der Waals surface area contributed by atoms with Crippen molar-refractivity contribution >= 4 is 11.9 Å². The molecule has 0 heterocycles. The van der Waals surface area contributed by atoms with Crippen molar-refractivity contribution in [1.29, 1.82) is 0 Å². The number of rotatable bonds is 12. The first kappa shape index (κ1) is 23.8. The number of benzene rings is 1. The number of ether oxygens (including phenoxy) is 2. The lowest BCUT2D eigenvalue weighted by atomic mass is 10.1. The predicted octanol–water partition coefficient (Wildman–Crippen LogP) is 2.24. The number of nitrogens with one attached hydrogen (secondary N) is 3. The molecule has 0 saturated heterocycles. The predicted molar refractivity (Wildman–Crippen MR) is 114 cm³/mol. The molecule has 0 bridgehead atoms. The number of hydrogen-bond acceptors (Lipinski definition) is 4. The highest BCUT2D eigenvalue weighted by Gasteiger charge is 2.07. The fourth-order valence-corrected chi connectivity index (χ4v) is 2.39. The molecule has 0 fully saturated rings. The van der Waals surface area contributed by atoms with E-state index in [1.807, 2.05) is 33.8 Å². The average Bonchev–Trinajstić information content (AvgIpc) is 2.67. The van der Waals surface area contributed by atoms with Gasteiger partial charge < -0.3 is 25.4 Å². The van der Waals surface area contributed by atoms with Crippen LogP contribution in [-0.4, -0.2) is 51.8 Å². The Bertz CT molecular complexity index is 618. The van der Waals surface area contributed by atoms with Crippen LogP contribution in [0.25, 0.3) is 0 Å². The van der Waals surface area contributed by atoms with Gasteiger partial charge in [-0.2, -0.15) is 0 Å². The summed E-state index contributed by atoms with van der Waals surface area (Å²) < 4.78 is 11.0. The van der Waals surface area contributed by atoms with Crippen LogP contribution in [0.4, 0.5) is 0 Å². The number of carbonyl (C=O) groups excluding carboxylic acids is 1. The number of guanidine groups is 1. The lowest BCUT2D eigenvalue weighted by Gasteiger charge is -2.14. The molecule has 7 nitrogen and oxygen atoms in total. The Balaban J connectivity index is 2.63. The van der Waals surface area contributed by atoms with Gasteiger partial charge in [0.05, 0.1) is 13.2 Å². The molecule has 0 aliphatic carbocycles. The van der Waals surface area contributed by atoms with Crippen LogP contribution in [0.5, 0.6) is 5.75 Å². The number of methoxy groups -OCH3 is 1. The van der Waals surface area contributed by atoms with Gasteiger partial charge >= 0.3 is 0 Å². The maximum atomic E-state index is 11.6. The van der Waals surface area contributed by atoms with Gasteiger partial charge in [0.25, 0.3) is 0 Å². The average molecular weight is 393 g/mol.